The molecular weight excluding hydrogens is 238 g/mol. The Hall–Kier alpha value is -2.07. The number of nitrogens with one attached hydrogen (secondary N) is 1. The number of benzene rings is 1. The molecule has 0 saturated heterocycles. The maximum Gasteiger partial charge on any atom is 0.208 e. The number of aryl methyl sites for hydroxylation is 1. The normalized spacial score (nSPS) is 10.4. The standard InChI is InChI=1S/C15H19N3O/c1-4-9-16-15-17-12(2)10-18(15)14-8-6-5-7-13(14)11-19-3/h4-8,10H,1,9,11H2,2-3H3,(H,16,17). The monoisotopic (exact) mass is 257 g/mol. The van der Waals surface area contributed by atoms with Crippen molar-refractivity contribution < 1.29 is 4.74 Å². The van der Waals surface area contributed by atoms with Gasteiger partial charge in [-0.1, -0.05) is 24.3 Å². The van der Waals surface area contributed by atoms with Crippen LogP contribution in [0.1, 0.15) is 11.3 Å². The van der Waals surface area contributed by atoms with Gasteiger partial charge in [-0.3, -0.25) is 4.57 Å². The van der Waals surface area contributed by atoms with Gasteiger partial charge in [0.2, 0.25) is 5.95 Å². The summed E-state index contributed by atoms with van der Waals surface area (Å²) in [5.41, 5.74) is 3.18. The molecule has 2 aromatic rings. The molecule has 0 aliphatic rings. The molecule has 0 aliphatic heterocycles. The van der Waals surface area contributed by atoms with Crippen molar-refractivity contribution in [1.29, 1.82) is 0 Å². The second kappa shape index (κ2) is 6.20. The third-order valence-corrected chi connectivity index (χ3v) is 2.78. The minimum absolute atomic E-state index is 0.578. The summed E-state index contributed by atoms with van der Waals surface area (Å²) in [6.07, 6.45) is 3.83. The second-order valence-electron chi connectivity index (χ2n) is 4.31. The number of rotatable bonds is 6. The predicted molar refractivity (Wildman–Crippen MR) is 77.7 cm³/mol. The molecule has 0 atom stereocenters. The third kappa shape index (κ3) is 3.03. The van der Waals surface area contributed by atoms with Gasteiger partial charge in [0.25, 0.3) is 0 Å². The topological polar surface area (TPSA) is 39.1 Å². The molecule has 0 saturated carbocycles. The first-order valence-electron chi connectivity index (χ1n) is 6.24. The average molecular weight is 257 g/mol. The Morgan fingerprint density at radius 3 is 2.95 bits per heavy atom. The zero-order chi connectivity index (χ0) is 13.7. The fourth-order valence-electron chi connectivity index (χ4n) is 1.99. The van der Waals surface area contributed by atoms with Crippen molar-refractivity contribution in [3.05, 3.63) is 54.4 Å². The van der Waals surface area contributed by atoms with Crippen LogP contribution in [0.2, 0.25) is 0 Å². The quantitative estimate of drug-likeness (QED) is 0.809. The first-order chi connectivity index (χ1) is 9.26. The summed E-state index contributed by atoms with van der Waals surface area (Å²) in [5, 5.41) is 3.24. The van der Waals surface area contributed by atoms with E-state index in [1.165, 1.54) is 0 Å². The van der Waals surface area contributed by atoms with Crippen LogP contribution in [-0.4, -0.2) is 23.2 Å². The summed E-state index contributed by atoms with van der Waals surface area (Å²) in [6, 6.07) is 8.15. The second-order valence-corrected chi connectivity index (χ2v) is 4.31. The Bertz CT molecular complexity index is 560. The first-order valence-corrected chi connectivity index (χ1v) is 6.24. The van der Waals surface area contributed by atoms with Gasteiger partial charge in [-0.25, -0.2) is 4.98 Å². The Balaban J connectivity index is 2.42. The van der Waals surface area contributed by atoms with E-state index < -0.39 is 0 Å². The van der Waals surface area contributed by atoms with E-state index in [2.05, 4.69) is 29.0 Å². The molecule has 0 fully saturated rings. The van der Waals surface area contributed by atoms with Gasteiger partial charge in [0.1, 0.15) is 0 Å². The van der Waals surface area contributed by atoms with Crippen molar-refractivity contribution in [3.8, 4) is 5.69 Å². The van der Waals surface area contributed by atoms with Gasteiger partial charge >= 0.3 is 0 Å². The van der Waals surface area contributed by atoms with Crippen LogP contribution in [0.3, 0.4) is 0 Å². The number of aromatic nitrogens is 2. The fraction of sp³-hybridized carbons (Fsp3) is 0.267. The Labute approximate surface area is 113 Å². The number of nitrogens with zero attached hydrogens (tertiary/aromatic N) is 2. The maximum atomic E-state index is 5.25. The van der Waals surface area contributed by atoms with E-state index in [0.29, 0.717) is 13.2 Å². The highest BCUT2D eigenvalue weighted by Gasteiger charge is 2.10. The van der Waals surface area contributed by atoms with Gasteiger partial charge in [-0.15, -0.1) is 6.58 Å². The Kier molecular flexibility index (Phi) is 4.36. The highest BCUT2D eigenvalue weighted by molar-refractivity contribution is 5.48. The van der Waals surface area contributed by atoms with Crippen molar-refractivity contribution in [1.82, 2.24) is 9.55 Å². The van der Waals surface area contributed by atoms with Crippen LogP contribution in [-0.2, 0) is 11.3 Å². The van der Waals surface area contributed by atoms with Crippen LogP contribution >= 0.6 is 0 Å². The molecule has 4 nitrogen and oxygen atoms in total. The number of anilines is 1. The van der Waals surface area contributed by atoms with Crippen LogP contribution < -0.4 is 5.32 Å². The van der Waals surface area contributed by atoms with Gasteiger partial charge < -0.3 is 10.1 Å². The molecule has 1 heterocycles. The molecule has 19 heavy (non-hydrogen) atoms. The van der Waals surface area contributed by atoms with Crippen LogP contribution in [0.25, 0.3) is 5.69 Å². The Morgan fingerprint density at radius 2 is 2.21 bits per heavy atom. The summed E-state index contributed by atoms with van der Waals surface area (Å²) in [6.45, 7) is 6.95. The van der Waals surface area contributed by atoms with E-state index in [9.17, 15) is 0 Å². The Morgan fingerprint density at radius 1 is 1.42 bits per heavy atom. The summed E-state index contributed by atoms with van der Waals surface area (Å²) < 4.78 is 7.30. The van der Waals surface area contributed by atoms with E-state index in [-0.39, 0.29) is 0 Å². The molecule has 100 valence electrons. The minimum Gasteiger partial charge on any atom is -0.380 e. The highest BCUT2D eigenvalue weighted by atomic mass is 16.5. The van der Waals surface area contributed by atoms with Gasteiger partial charge in [-0.05, 0) is 13.0 Å². The molecule has 0 amide bonds. The van der Waals surface area contributed by atoms with Crippen molar-refractivity contribution in [2.45, 2.75) is 13.5 Å². The van der Waals surface area contributed by atoms with E-state index in [4.69, 9.17) is 4.74 Å². The molecule has 0 radical (unpaired) electrons. The lowest BCUT2D eigenvalue weighted by molar-refractivity contribution is 0.185. The summed E-state index contributed by atoms with van der Waals surface area (Å²) in [4.78, 5) is 4.49. The van der Waals surface area contributed by atoms with Crippen molar-refractivity contribution in [2.24, 2.45) is 0 Å². The molecule has 4 heteroatoms. The summed E-state index contributed by atoms with van der Waals surface area (Å²) in [5.74, 6) is 0.820. The van der Waals surface area contributed by atoms with Crippen LogP contribution in [0.5, 0.6) is 0 Å². The van der Waals surface area contributed by atoms with Gasteiger partial charge in [-0.2, -0.15) is 0 Å². The number of ether oxygens (including phenoxy) is 1. The molecule has 0 bridgehead atoms. The van der Waals surface area contributed by atoms with Crippen LogP contribution in [0, 0.1) is 6.92 Å². The van der Waals surface area contributed by atoms with Crippen LogP contribution in [0.15, 0.2) is 43.1 Å². The number of hydrogen-bond acceptors (Lipinski definition) is 3. The molecule has 2 rings (SSSR count). The van der Waals surface area contributed by atoms with E-state index in [0.717, 1.165) is 22.9 Å². The van der Waals surface area contributed by atoms with Crippen molar-refractivity contribution >= 4 is 5.95 Å². The molecule has 1 aromatic heterocycles. The van der Waals surface area contributed by atoms with Crippen molar-refractivity contribution in [2.75, 3.05) is 19.0 Å². The lowest BCUT2D eigenvalue weighted by atomic mass is 10.2. The number of imidazole rings is 1. The van der Waals surface area contributed by atoms with Gasteiger partial charge in [0.05, 0.1) is 18.0 Å². The first kappa shape index (κ1) is 13.4. The number of methoxy groups -OCH3 is 1. The average Bonchev–Trinajstić information content (AvgIpc) is 2.78. The molecule has 1 N–H and O–H groups in total. The zero-order valence-corrected chi connectivity index (χ0v) is 11.4. The lowest BCUT2D eigenvalue weighted by Crippen LogP contribution is -2.07. The molecular formula is C15H19N3O. The lowest BCUT2D eigenvalue weighted by Gasteiger charge is -2.12. The largest absolute Gasteiger partial charge is 0.380 e. The molecule has 0 unspecified atom stereocenters. The molecule has 0 spiro atoms. The molecule has 0 aliphatic carbocycles. The number of hydrogen-bond donors (Lipinski definition) is 1. The summed E-state index contributed by atoms with van der Waals surface area (Å²) >= 11 is 0. The molecule has 1 aromatic carbocycles. The zero-order valence-electron chi connectivity index (χ0n) is 11.4. The van der Waals surface area contributed by atoms with Crippen LogP contribution in [0.4, 0.5) is 5.95 Å². The predicted octanol–water partition coefficient (Wildman–Crippen LogP) is 2.93. The smallest absolute Gasteiger partial charge is 0.208 e. The van der Waals surface area contributed by atoms with Gasteiger partial charge in [0, 0.05) is 25.4 Å². The van der Waals surface area contributed by atoms with Crippen molar-refractivity contribution in [3.63, 3.8) is 0 Å². The van der Waals surface area contributed by atoms with Gasteiger partial charge in [0.15, 0.2) is 0 Å². The summed E-state index contributed by atoms with van der Waals surface area (Å²) in [7, 11) is 1.70. The van der Waals surface area contributed by atoms with E-state index in [1.54, 1.807) is 7.11 Å². The SMILES string of the molecule is C=CCNc1nc(C)cn1-c1ccccc1COC. The van der Waals surface area contributed by atoms with E-state index >= 15 is 0 Å². The third-order valence-electron chi connectivity index (χ3n) is 2.78. The highest BCUT2D eigenvalue weighted by Crippen LogP contribution is 2.21. The number of para-hydroxylation sites is 1. The van der Waals surface area contributed by atoms with E-state index in [1.807, 2.05) is 35.9 Å². The maximum absolute atomic E-state index is 5.25. The minimum atomic E-state index is 0.578. The fourth-order valence-corrected chi connectivity index (χ4v) is 1.99.